The smallest absolute Gasteiger partial charge is 0.339 e. The van der Waals surface area contributed by atoms with E-state index in [0.717, 1.165) is 11.3 Å². The average Bonchev–Trinajstić information content (AvgIpc) is 3.16. The summed E-state index contributed by atoms with van der Waals surface area (Å²) in [7, 11) is -3.55. The first kappa shape index (κ1) is 21.9. The van der Waals surface area contributed by atoms with E-state index in [1.54, 1.807) is 30.5 Å². The second-order valence-corrected chi connectivity index (χ2v) is 9.85. The molecule has 3 rings (SSSR count). The summed E-state index contributed by atoms with van der Waals surface area (Å²) in [6.45, 7) is 5.65. The monoisotopic (exact) mass is 446 g/mol. The molecule has 0 radical (unpaired) electrons. The molecule has 30 heavy (non-hydrogen) atoms. The molecule has 0 amide bonds. The quantitative estimate of drug-likeness (QED) is 0.554. The molecule has 0 aliphatic heterocycles. The van der Waals surface area contributed by atoms with Gasteiger partial charge in [-0.25, -0.2) is 18.2 Å². The Hall–Kier alpha value is -2.78. The lowest BCUT2D eigenvalue weighted by Crippen LogP contribution is -2.19. The van der Waals surface area contributed by atoms with Crippen molar-refractivity contribution in [1.29, 1.82) is 0 Å². The molecule has 0 saturated heterocycles. The lowest BCUT2D eigenvalue weighted by Gasteiger charge is -2.12. The van der Waals surface area contributed by atoms with E-state index in [2.05, 4.69) is 9.97 Å². The number of carbonyl (C=O) groups excluding carboxylic acids is 1. The number of carbonyl (C=O) groups is 1. The van der Waals surface area contributed by atoms with Crippen LogP contribution in [0.25, 0.3) is 11.3 Å². The first-order chi connectivity index (χ1) is 14.2. The molecule has 158 valence electrons. The highest BCUT2D eigenvalue weighted by molar-refractivity contribution is 7.90. The molecule has 1 N–H and O–H groups in total. The molecule has 0 fully saturated rings. The Kier molecular flexibility index (Phi) is 6.52. The van der Waals surface area contributed by atoms with E-state index in [1.807, 2.05) is 13.8 Å². The fraction of sp³-hybridized carbons (Fsp3) is 0.286. The Morgan fingerprint density at radius 3 is 2.57 bits per heavy atom. The predicted molar refractivity (Wildman–Crippen MR) is 116 cm³/mol. The molecule has 0 saturated carbocycles. The second-order valence-electron chi connectivity index (χ2n) is 6.91. The molecule has 2 heterocycles. The van der Waals surface area contributed by atoms with E-state index in [-0.39, 0.29) is 34.3 Å². The molecular formula is C21H22N2O5S2. The minimum absolute atomic E-state index is 0.0897. The third-order valence-electron chi connectivity index (χ3n) is 4.39. The highest BCUT2D eigenvalue weighted by atomic mass is 32.2. The van der Waals surface area contributed by atoms with Crippen molar-refractivity contribution in [2.75, 3.05) is 6.61 Å². The molecule has 9 heteroatoms. The summed E-state index contributed by atoms with van der Waals surface area (Å²) < 4.78 is 30.3. The van der Waals surface area contributed by atoms with Crippen molar-refractivity contribution in [2.45, 2.75) is 37.3 Å². The Morgan fingerprint density at radius 2 is 1.93 bits per heavy atom. The van der Waals surface area contributed by atoms with Gasteiger partial charge in [-0.05, 0) is 31.0 Å². The minimum atomic E-state index is -3.55. The van der Waals surface area contributed by atoms with E-state index >= 15 is 0 Å². The highest BCUT2D eigenvalue weighted by Crippen LogP contribution is 2.26. The summed E-state index contributed by atoms with van der Waals surface area (Å²) in [4.78, 5) is 32.3. The number of hydrogen-bond acceptors (Lipinski definition) is 7. The zero-order chi connectivity index (χ0) is 21.9. The van der Waals surface area contributed by atoms with Crippen molar-refractivity contribution in [3.63, 3.8) is 0 Å². The summed E-state index contributed by atoms with van der Waals surface area (Å²) >= 11 is 1.15. The molecule has 0 aliphatic carbocycles. The van der Waals surface area contributed by atoms with Gasteiger partial charge in [-0.2, -0.15) is 0 Å². The van der Waals surface area contributed by atoms with E-state index in [0.29, 0.717) is 16.4 Å². The van der Waals surface area contributed by atoms with Crippen LogP contribution in [0.3, 0.4) is 0 Å². The number of pyridine rings is 1. The van der Waals surface area contributed by atoms with Crippen LogP contribution >= 0.6 is 11.3 Å². The predicted octanol–water partition coefficient (Wildman–Crippen LogP) is 3.77. The van der Waals surface area contributed by atoms with Gasteiger partial charge >= 0.3 is 5.97 Å². The van der Waals surface area contributed by atoms with E-state index in [4.69, 9.17) is 4.74 Å². The number of H-pyrrole nitrogens is 1. The number of ether oxygens (including phenoxy) is 1. The molecule has 0 atom stereocenters. The first-order valence-electron chi connectivity index (χ1n) is 9.39. The number of aromatic nitrogens is 2. The van der Waals surface area contributed by atoms with Crippen LogP contribution in [-0.2, 0) is 20.3 Å². The molecule has 3 aromatic rings. The van der Waals surface area contributed by atoms with Gasteiger partial charge < -0.3 is 9.72 Å². The Balaban J connectivity index is 1.98. The number of sulfone groups is 1. The van der Waals surface area contributed by atoms with Gasteiger partial charge in [-0.1, -0.05) is 32.0 Å². The van der Waals surface area contributed by atoms with E-state index < -0.39 is 21.4 Å². The summed E-state index contributed by atoms with van der Waals surface area (Å²) in [5.74, 6) is -0.886. The van der Waals surface area contributed by atoms with Crippen molar-refractivity contribution in [3.05, 3.63) is 68.4 Å². The standard InChI is InChI=1S/C21H22N2O5S2/c1-4-28-21(25)16-10-15(20(24)23-19(16)13(2)3)17-11-29-18(22-17)12-30(26,27)14-8-6-5-7-9-14/h5-11,13H,4,12H2,1-3H3,(H,23,24). The fourth-order valence-corrected chi connectivity index (χ4v) is 5.39. The Labute approximate surface area is 178 Å². The van der Waals surface area contributed by atoms with Crippen molar-refractivity contribution in [3.8, 4) is 11.3 Å². The summed E-state index contributed by atoms with van der Waals surface area (Å²) in [5.41, 5.74) is 0.883. The molecule has 2 aromatic heterocycles. The molecule has 0 unspecified atom stereocenters. The SMILES string of the molecule is CCOC(=O)c1cc(-c2csc(CS(=O)(=O)c3ccccc3)n2)c(=O)[nH]c1C(C)C. The number of nitrogens with one attached hydrogen (secondary N) is 1. The van der Waals surface area contributed by atoms with Crippen LogP contribution in [0.1, 0.15) is 47.7 Å². The summed E-state index contributed by atoms with van der Waals surface area (Å²) in [5, 5.41) is 1.98. The molecule has 7 nitrogen and oxygen atoms in total. The van der Waals surface area contributed by atoms with Crippen LogP contribution in [0.15, 0.2) is 51.5 Å². The second kappa shape index (κ2) is 8.93. The summed E-state index contributed by atoms with van der Waals surface area (Å²) in [6, 6.07) is 9.60. The van der Waals surface area contributed by atoms with Gasteiger partial charge in [-0.3, -0.25) is 4.79 Å². The maximum atomic E-state index is 12.6. The van der Waals surface area contributed by atoms with Crippen molar-refractivity contribution < 1.29 is 17.9 Å². The third kappa shape index (κ3) is 4.68. The number of thiazole rings is 1. The van der Waals surface area contributed by atoms with Crippen LogP contribution in [0.5, 0.6) is 0 Å². The van der Waals surface area contributed by atoms with Crippen LogP contribution in [0.4, 0.5) is 0 Å². The highest BCUT2D eigenvalue weighted by Gasteiger charge is 2.22. The Bertz CT molecular complexity index is 1210. The van der Waals surface area contributed by atoms with E-state index in [1.165, 1.54) is 18.2 Å². The van der Waals surface area contributed by atoms with Crippen LogP contribution in [-0.4, -0.2) is 31.0 Å². The number of esters is 1. The fourth-order valence-electron chi connectivity index (χ4n) is 2.94. The van der Waals surface area contributed by atoms with Crippen molar-refractivity contribution >= 4 is 27.1 Å². The number of benzene rings is 1. The molecular weight excluding hydrogens is 424 g/mol. The molecule has 0 spiro atoms. The van der Waals surface area contributed by atoms with Gasteiger partial charge in [0.1, 0.15) is 10.8 Å². The van der Waals surface area contributed by atoms with Gasteiger partial charge in [0.2, 0.25) is 0 Å². The number of hydrogen-bond donors (Lipinski definition) is 1. The first-order valence-corrected chi connectivity index (χ1v) is 11.9. The summed E-state index contributed by atoms with van der Waals surface area (Å²) in [6.07, 6.45) is 0. The zero-order valence-corrected chi connectivity index (χ0v) is 18.5. The van der Waals surface area contributed by atoms with Gasteiger partial charge in [-0.15, -0.1) is 11.3 Å². The number of rotatable bonds is 7. The van der Waals surface area contributed by atoms with Gasteiger partial charge in [0.05, 0.1) is 28.3 Å². The van der Waals surface area contributed by atoms with Crippen LogP contribution in [0, 0.1) is 0 Å². The van der Waals surface area contributed by atoms with Crippen LogP contribution in [0.2, 0.25) is 0 Å². The zero-order valence-electron chi connectivity index (χ0n) is 16.8. The van der Waals surface area contributed by atoms with Crippen LogP contribution < -0.4 is 5.56 Å². The molecule has 0 aliphatic rings. The van der Waals surface area contributed by atoms with Gasteiger partial charge in [0.25, 0.3) is 5.56 Å². The normalized spacial score (nSPS) is 11.6. The van der Waals surface area contributed by atoms with Crippen molar-refractivity contribution in [2.24, 2.45) is 0 Å². The van der Waals surface area contributed by atoms with E-state index in [9.17, 15) is 18.0 Å². The van der Waals surface area contributed by atoms with Gasteiger partial charge in [0, 0.05) is 11.1 Å². The topological polar surface area (TPSA) is 106 Å². The molecule has 1 aromatic carbocycles. The van der Waals surface area contributed by atoms with Crippen molar-refractivity contribution in [1.82, 2.24) is 9.97 Å². The lowest BCUT2D eigenvalue weighted by atomic mass is 10.0. The third-order valence-corrected chi connectivity index (χ3v) is 7.06. The average molecular weight is 447 g/mol. The molecule has 0 bridgehead atoms. The largest absolute Gasteiger partial charge is 0.462 e. The van der Waals surface area contributed by atoms with Gasteiger partial charge in [0.15, 0.2) is 9.84 Å². The maximum absolute atomic E-state index is 12.6. The number of nitrogens with zero attached hydrogens (tertiary/aromatic N) is 1. The lowest BCUT2D eigenvalue weighted by molar-refractivity contribution is 0.0524. The maximum Gasteiger partial charge on any atom is 0.339 e. The minimum Gasteiger partial charge on any atom is -0.462 e. The number of aromatic amines is 1. The Morgan fingerprint density at radius 1 is 1.23 bits per heavy atom.